The minimum Gasteiger partial charge on any atom is -0.466 e. The Hall–Kier alpha value is -2.30. The maximum Gasteiger partial charge on any atom is 0.354 e. The molecule has 1 aromatic heterocycles. The Morgan fingerprint density at radius 3 is 2.44 bits per heavy atom. The van der Waals surface area contributed by atoms with Gasteiger partial charge in [-0.05, 0) is 62.4 Å². The summed E-state index contributed by atoms with van der Waals surface area (Å²) < 4.78 is 12.0. The lowest BCUT2D eigenvalue weighted by Crippen LogP contribution is -2.18. The molecule has 1 atom stereocenters. The van der Waals surface area contributed by atoms with Crippen molar-refractivity contribution in [3.8, 4) is 0 Å². The third kappa shape index (κ3) is 3.86. The van der Waals surface area contributed by atoms with Crippen LogP contribution in [0.25, 0.3) is 10.9 Å². The fraction of sp³-hybridized carbons (Fsp3) is 0.500. The van der Waals surface area contributed by atoms with Crippen molar-refractivity contribution in [3.05, 3.63) is 34.5 Å². The summed E-state index contributed by atoms with van der Waals surface area (Å²) in [5, 5.41) is 1.05. The molecule has 0 radical (unpaired) electrons. The average Bonchev–Trinajstić information content (AvgIpc) is 2.90. The maximum atomic E-state index is 12.3. The van der Waals surface area contributed by atoms with Gasteiger partial charge in [-0.1, -0.05) is 6.92 Å². The Bertz CT molecular complexity index is 804. The van der Waals surface area contributed by atoms with Crippen LogP contribution in [0.5, 0.6) is 0 Å². The van der Waals surface area contributed by atoms with Gasteiger partial charge in [0.15, 0.2) is 0 Å². The number of nitrogens with zero attached hydrogens (tertiary/aromatic N) is 1. The standard InChI is InChI=1S/C20H27NO4/c1-7-25-19(22)8-12(2)11-21-17-9-13(3)14(4)15(5)16(17)10-18(21)20(23)24-6/h9-10,12H,7-8,11H2,1-6H3. The Morgan fingerprint density at radius 1 is 1.16 bits per heavy atom. The molecule has 0 spiro atoms. The van der Waals surface area contributed by atoms with Gasteiger partial charge in [0.1, 0.15) is 5.69 Å². The molecule has 0 aliphatic heterocycles. The summed E-state index contributed by atoms with van der Waals surface area (Å²) in [4.78, 5) is 24.0. The number of rotatable bonds is 6. The van der Waals surface area contributed by atoms with Crippen LogP contribution in [0.4, 0.5) is 0 Å². The molecule has 1 unspecified atom stereocenters. The summed E-state index contributed by atoms with van der Waals surface area (Å²) in [7, 11) is 1.38. The Labute approximate surface area is 148 Å². The van der Waals surface area contributed by atoms with Crippen LogP contribution in [0.15, 0.2) is 12.1 Å². The Kier molecular flexibility index (Phi) is 5.88. The highest BCUT2D eigenvalue weighted by molar-refractivity contribution is 5.97. The number of ether oxygens (including phenoxy) is 2. The first-order valence-corrected chi connectivity index (χ1v) is 8.64. The van der Waals surface area contributed by atoms with Crippen molar-refractivity contribution in [1.29, 1.82) is 0 Å². The molecule has 5 nitrogen and oxygen atoms in total. The fourth-order valence-electron chi connectivity index (χ4n) is 3.18. The van der Waals surface area contributed by atoms with Gasteiger partial charge < -0.3 is 14.0 Å². The lowest BCUT2D eigenvalue weighted by molar-refractivity contribution is -0.144. The zero-order valence-electron chi connectivity index (χ0n) is 15.9. The van der Waals surface area contributed by atoms with Crippen molar-refractivity contribution in [2.75, 3.05) is 13.7 Å². The van der Waals surface area contributed by atoms with Gasteiger partial charge in [-0.15, -0.1) is 0 Å². The Balaban J connectivity index is 2.48. The number of carbonyl (C=O) groups is 2. The van der Waals surface area contributed by atoms with Crippen LogP contribution >= 0.6 is 0 Å². The minimum absolute atomic E-state index is 0.0416. The molecule has 5 heteroatoms. The zero-order chi connectivity index (χ0) is 18.7. The van der Waals surface area contributed by atoms with Crippen LogP contribution in [0.3, 0.4) is 0 Å². The van der Waals surface area contributed by atoms with Gasteiger partial charge in [0, 0.05) is 23.9 Å². The number of hydrogen-bond donors (Lipinski definition) is 0. The lowest BCUT2D eigenvalue weighted by Gasteiger charge is -2.16. The van der Waals surface area contributed by atoms with Crippen LogP contribution in [0, 0.1) is 26.7 Å². The van der Waals surface area contributed by atoms with Crippen molar-refractivity contribution in [1.82, 2.24) is 4.57 Å². The molecular weight excluding hydrogens is 318 g/mol. The van der Waals surface area contributed by atoms with Gasteiger partial charge in [0.25, 0.3) is 0 Å². The van der Waals surface area contributed by atoms with Gasteiger partial charge in [-0.3, -0.25) is 4.79 Å². The predicted molar refractivity (Wildman–Crippen MR) is 97.9 cm³/mol. The molecule has 0 saturated heterocycles. The first kappa shape index (κ1) is 19.0. The van der Waals surface area contributed by atoms with E-state index in [1.165, 1.54) is 18.2 Å². The minimum atomic E-state index is -0.366. The van der Waals surface area contributed by atoms with E-state index in [1.807, 2.05) is 17.6 Å². The molecule has 25 heavy (non-hydrogen) atoms. The second kappa shape index (κ2) is 7.72. The van der Waals surface area contributed by atoms with E-state index in [-0.39, 0.29) is 17.9 Å². The van der Waals surface area contributed by atoms with Gasteiger partial charge in [-0.25, -0.2) is 4.79 Å². The van der Waals surface area contributed by atoms with Gasteiger partial charge in [-0.2, -0.15) is 0 Å². The van der Waals surface area contributed by atoms with Crippen molar-refractivity contribution >= 4 is 22.8 Å². The second-order valence-electron chi connectivity index (χ2n) is 6.62. The van der Waals surface area contributed by atoms with Crippen LogP contribution in [0.1, 0.15) is 47.4 Å². The molecule has 0 aliphatic rings. The molecule has 0 aliphatic carbocycles. The number of esters is 2. The second-order valence-corrected chi connectivity index (χ2v) is 6.62. The molecule has 1 heterocycles. The number of methoxy groups -OCH3 is 1. The van der Waals surface area contributed by atoms with Crippen LogP contribution < -0.4 is 0 Å². The highest BCUT2D eigenvalue weighted by Crippen LogP contribution is 2.29. The number of carbonyl (C=O) groups excluding carboxylic acids is 2. The van der Waals surface area contributed by atoms with E-state index in [0.717, 1.165) is 16.5 Å². The predicted octanol–water partition coefficient (Wildman–Crippen LogP) is 3.94. The SMILES string of the molecule is CCOC(=O)CC(C)Cn1c(C(=O)OC)cc2c(C)c(C)c(C)cc21. The molecule has 0 amide bonds. The third-order valence-electron chi connectivity index (χ3n) is 4.76. The van der Waals surface area contributed by atoms with Crippen LogP contribution in [-0.4, -0.2) is 30.2 Å². The molecule has 2 aromatic rings. The van der Waals surface area contributed by atoms with E-state index in [9.17, 15) is 9.59 Å². The summed E-state index contributed by atoms with van der Waals surface area (Å²) in [6.45, 7) is 10.9. The summed E-state index contributed by atoms with van der Waals surface area (Å²) in [5.74, 6) is -0.538. The molecule has 0 fully saturated rings. The number of aryl methyl sites for hydroxylation is 2. The third-order valence-corrected chi connectivity index (χ3v) is 4.76. The van der Waals surface area contributed by atoms with Crippen molar-refractivity contribution in [2.24, 2.45) is 5.92 Å². The quantitative estimate of drug-likeness (QED) is 0.744. The van der Waals surface area contributed by atoms with Crippen LogP contribution in [0.2, 0.25) is 0 Å². The van der Waals surface area contributed by atoms with Gasteiger partial charge >= 0.3 is 11.9 Å². The van der Waals surface area contributed by atoms with E-state index >= 15 is 0 Å². The van der Waals surface area contributed by atoms with E-state index in [0.29, 0.717) is 25.3 Å². The monoisotopic (exact) mass is 345 g/mol. The molecular formula is C20H27NO4. The summed E-state index contributed by atoms with van der Waals surface area (Å²) in [6, 6.07) is 3.99. The first-order chi connectivity index (χ1) is 11.8. The number of hydrogen-bond acceptors (Lipinski definition) is 4. The molecule has 1 aromatic carbocycles. The van der Waals surface area contributed by atoms with Gasteiger partial charge in [0.05, 0.1) is 13.7 Å². The zero-order valence-corrected chi connectivity index (χ0v) is 15.9. The van der Waals surface area contributed by atoms with E-state index in [2.05, 4.69) is 26.8 Å². The summed E-state index contributed by atoms with van der Waals surface area (Å²) in [5.41, 5.74) is 5.08. The summed E-state index contributed by atoms with van der Waals surface area (Å²) >= 11 is 0. The lowest BCUT2D eigenvalue weighted by atomic mass is 10.0. The van der Waals surface area contributed by atoms with Crippen molar-refractivity contribution < 1.29 is 19.1 Å². The molecule has 136 valence electrons. The van der Waals surface area contributed by atoms with Gasteiger partial charge in [0.2, 0.25) is 0 Å². The highest BCUT2D eigenvalue weighted by Gasteiger charge is 2.21. The normalized spacial score (nSPS) is 12.2. The maximum absolute atomic E-state index is 12.3. The molecule has 0 saturated carbocycles. The highest BCUT2D eigenvalue weighted by atomic mass is 16.5. The fourth-order valence-corrected chi connectivity index (χ4v) is 3.18. The van der Waals surface area contributed by atoms with Crippen molar-refractivity contribution in [2.45, 2.75) is 47.6 Å². The number of aromatic nitrogens is 1. The average molecular weight is 345 g/mol. The van der Waals surface area contributed by atoms with E-state index in [1.54, 1.807) is 6.92 Å². The van der Waals surface area contributed by atoms with Crippen LogP contribution in [-0.2, 0) is 20.8 Å². The molecule has 2 rings (SSSR count). The van der Waals surface area contributed by atoms with E-state index in [4.69, 9.17) is 9.47 Å². The Morgan fingerprint density at radius 2 is 1.84 bits per heavy atom. The first-order valence-electron chi connectivity index (χ1n) is 8.64. The smallest absolute Gasteiger partial charge is 0.354 e. The summed E-state index contributed by atoms with van der Waals surface area (Å²) in [6.07, 6.45) is 0.317. The van der Waals surface area contributed by atoms with Crippen molar-refractivity contribution in [3.63, 3.8) is 0 Å². The largest absolute Gasteiger partial charge is 0.466 e. The molecule has 0 bridgehead atoms. The number of benzene rings is 1. The number of fused-ring (bicyclic) bond motifs is 1. The molecule has 0 N–H and O–H groups in total. The topological polar surface area (TPSA) is 57.5 Å². The van der Waals surface area contributed by atoms with E-state index < -0.39 is 0 Å².